The normalized spacial score (nSPS) is 25.2. The van der Waals surface area contributed by atoms with Crippen molar-refractivity contribution in [2.45, 2.75) is 56.4 Å². The largest absolute Gasteiger partial charge is 0.491 e. The van der Waals surface area contributed by atoms with Gasteiger partial charge in [0, 0.05) is 48.8 Å². The molecule has 5 rings (SSSR count). The van der Waals surface area contributed by atoms with Crippen molar-refractivity contribution >= 4 is 0 Å². The van der Waals surface area contributed by atoms with Crippen LogP contribution in [0.5, 0.6) is 5.88 Å². The van der Waals surface area contributed by atoms with Gasteiger partial charge in [0.05, 0.1) is 17.1 Å². The third kappa shape index (κ3) is 6.34. The average Bonchev–Trinajstić information content (AvgIpc) is 3.36. The number of terminal acetylenes is 1. The fourth-order valence-electron chi connectivity index (χ4n) is 5.31. The summed E-state index contributed by atoms with van der Waals surface area (Å²) in [5.74, 6) is 4.50. The molecule has 1 aliphatic heterocycles. The highest BCUT2D eigenvalue weighted by atomic mass is 16.5. The maximum absolute atomic E-state index is 10.7. The minimum atomic E-state index is -0.704. The number of pyridine rings is 1. The molecule has 0 fully saturated rings. The number of nitriles is 1. The molecule has 0 amide bonds. The lowest BCUT2D eigenvalue weighted by molar-refractivity contribution is 0.0688. The third-order valence-corrected chi connectivity index (χ3v) is 7.43. The highest BCUT2D eigenvalue weighted by Gasteiger charge is 2.36. The van der Waals surface area contributed by atoms with Crippen molar-refractivity contribution in [3.63, 3.8) is 0 Å². The van der Waals surface area contributed by atoms with E-state index < -0.39 is 11.6 Å². The first-order chi connectivity index (χ1) is 19.0. The molecule has 39 heavy (non-hydrogen) atoms. The number of allylic oxidation sites excluding steroid dienone is 6. The van der Waals surface area contributed by atoms with Gasteiger partial charge < -0.3 is 19.9 Å². The Morgan fingerprint density at radius 2 is 2.15 bits per heavy atom. The maximum Gasteiger partial charge on any atom is 0.213 e. The molecule has 3 aliphatic carbocycles. The fourth-order valence-corrected chi connectivity index (χ4v) is 5.31. The van der Waals surface area contributed by atoms with Crippen LogP contribution in [0.2, 0.25) is 0 Å². The van der Waals surface area contributed by atoms with E-state index in [1.165, 1.54) is 17.5 Å². The molecule has 1 aromatic rings. The molecular weight excluding hydrogens is 488 g/mol. The van der Waals surface area contributed by atoms with Crippen LogP contribution in [0, 0.1) is 29.6 Å². The first-order valence-electron chi connectivity index (χ1n) is 13.4. The molecule has 3 unspecified atom stereocenters. The van der Waals surface area contributed by atoms with E-state index in [2.05, 4.69) is 64.1 Å². The van der Waals surface area contributed by atoms with Crippen molar-refractivity contribution in [3.8, 4) is 24.3 Å². The van der Waals surface area contributed by atoms with Gasteiger partial charge in [0.1, 0.15) is 30.6 Å². The van der Waals surface area contributed by atoms with Crippen molar-refractivity contribution in [3.05, 3.63) is 95.1 Å². The monoisotopic (exact) mass is 522 g/mol. The molecule has 7 nitrogen and oxygen atoms in total. The van der Waals surface area contributed by atoms with Crippen LogP contribution in [-0.2, 0) is 4.74 Å². The second kappa shape index (κ2) is 11.8. The summed E-state index contributed by atoms with van der Waals surface area (Å²) in [7, 11) is 0. The Bertz CT molecular complexity index is 1340. The zero-order valence-corrected chi connectivity index (χ0v) is 22.1. The Kier molecular flexibility index (Phi) is 8.02. The molecule has 4 aliphatic rings. The predicted molar refractivity (Wildman–Crippen MR) is 150 cm³/mol. The highest BCUT2D eigenvalue weighted by Crippen LogP contribution is 2.39. The fraction of sp³-hybridized carbons (Fsp3) is 0.375. The first-order valence-corrected chi connectivity index (χ1v) is 13.4. The van der Waals surface area contributed by atoms with Crippen LogP contribution in [0.1, 0.15) is 38.2 Å². The standard InChI is InChI=1S/C32H34N4O3/c1-3-32(2,17-22-11-14-25(15-12-22)39-30-16-13-23(18-33)19-34-30)35-20-24(37)21-38-29-10-6-9-28-31(29)26-7-4-5-8-27(26)36-28/h1,4-5,7-8,10-14,16,19,24-27,35-37H,6,9,15,17,20-21H2,2H3/t24-,25?,26?,27?,32-/m0/s1. The minimum absolute atomic E-state index is 0.131. The molecule has 0 spiro atoms. The van der Waals surface area contributed by atoms with Crippen LogP contribution in [0.4, 0.5) is 0 Å². The molecule has 5 atom stereocenters. The van der Waals surface area contributed by atoms with Gasteiger partial charge in [-0.1, -0.05) is 42.4 Å². The molecule has 0 aromatic carbocycles. The number of nitrogens with one attached hydrogen (secondary N) is 2. The summed E-state index contributed by atoms with van der Waals surface area (Å²) < 4.78 is 12.0. The zero-order chi connectivity index (χ0) is 27.2. The van der Waals surface area contributed by atoms with Crippen molar-refractivity contribution in [1.29, 1.82) is 5.26 Å². The molecule has 200 valence electrons. The number of ether oxygens (including phenoxy) is 2. The van der Waals surface area contributed by atoms with Gasteiger partial charge in [-0.3, -0.25) is 5.32 Å². The van der Waals surface area contributed by atoms with E-state index in [1.807, 2.05) is 19.1 Å². The summed E-state index contributed by atoms with van der Waals surface area (Å²) in [5.41, 5.74) is 3.44. The zero-order valence-electron chi connectivity index (χ0n) is 22.1. The van der Waals surface area contributed by atoms with Gasteiger partial charge in [-0.2, -0.15) is 5.26 Å². The smallest absolute Gasteiger partial charge is 0.213 e. The summed E-state index contributed by atoms with van der Waals surface area (Å²) >= 11 is 0. The third-order valence-electron chi connectivity index (χ3n) is 7.43. The van der Waals surface area contributed by atoms with Crippen molar-refractivity contribution in [2.24, 2.45) is 5.92 Å². The van der Waals surface area contributed by atoms with E-state index in [1.54, 1.807) is 12.1 Å². The Morgan fingerprint density at radius 3 is 2.90 bits per heavy atom. The van der Waals surface area contributed by atoms with Gasteiger partial charge in [0.25, 0.3) is 0 Å². The number of rotatable bonds is 10. The summed E-state index contributed by atoms with van der Waals surface area (Å²) in [6, 6.07) is 5.72. The van der Waals surface area contributed by atoms with E-state index in [-0.39, 0.29) is 24.7 Å². The molecule has 0 saturated carbocycles. The Hall–Kier alpha value is -4.04. The van der Waals surface area contributed by atoms with Gasteiger partial charge in [0.15, 0.2) is 0 Å². The topological polar surface area (TPSA) is 99.4 Å². The molecule has 2 heterocycles. The maximum atomic E-state index is 10.7. The number of aliphatic hydroxyl groups excluding tert-OH is 1. The number of hydrogen-bond donors (Lipinski definition) is 3. The molecule has 1 aromatic heterocycles. The summed E-state index contributed by atoms with van der Waals surface area (Å²) in [6.45, 7) is 2.48. The second-order valence-electron chi connectivity index (χ2n) is 10.5. The first kappa shape index (κ1) is 26.6. The van der Waals surface area contributed by atoms with Gasteiger partial charge >= 0.3 is 0 Å². The molecule has 0 bridgehead atoms. The van der Waals surface area contributed by atoms with Gasteiger partial charge in [-0.05, 0) is 43.6 Å². The number of β-amino-alcohol motifs (C(OH)–C–C–N with tert-alkyl or cyclic N) is 1. The molecule has 0 radical (unpaired) electrons. The lowest BCUT2D eigenvalue weighted by Crippen LogP contribution is -2.46. The predicted octanol–water partition coefficient (Wildman–Crippen LogP) is 3.98. The Labute approximate surface area is 230 Å². The van der Waals surface area contributed by atoms with Crippen molar-refractivity contribution in [2.75, 3.05) is 13.2 Å². The van der Waals surface area contributed by atoms with Crippen molar-refractivity contribution < 1.29 is 14.6 Å². The molecular formula is C32H34N4O3. The van der Waals surface area contributed by atoms with Crippen LogP contribution in [0.3, 0.4) is 0 Å². The van der Waals surface area contributed by atoms with Crippen LogP contribution >= 0.6 is 0 Å². The number of aliphatic hydroxyl groups is 1. The lowest BCUT2D eigenvalue weighted by atomic mass is 9.87. The van der Waals surface area contributed by atoms with Crippen LogP contribution < -0.4 is 15.4 Å². The van der Waals surface area contributed by atoms with E-state index in [0.29, 0.717) is 30.8 Å². The van der Waals surface area contributed by atoms with Gasteiger partial charge in [-0.25, -0.2) is 4.98 Å². The molecule has 7 heteroatoms. The number of aromatic nitrogens is 1. The van der Waals surface area contributed by atoms with Crippen molar-refractivity contribution in [1.82, 2.24) is 15.6 Å². The Balaban J connectivity index is 1.08. The second-order valence-corrected chi connectivity index (χ2v) is 10.5. The Morgan fingerprint density at radius 1 is 1.28 bits per heavy atom. The quantitative estimate of drug-likeness (QED) is 0.400. The highest BCUT2D eigenvalue weighted by molar-refractivity contribution is 5.46. The molecule has 0 saturated heterocycles. The van der Waals surface area contributed by atoms with Crippen LogP contribution in [-0.4, -0.2) is 47.0 Å². The minimum Gasteiger partial charge on any atom is -0.491 e. The van der Waals surface area contributed by atoms with E-state index in [0.717, 1.165) is 24.2 Å². The average molecular weight is 523 g/mol. The number of fused-ring (bicyclic) bond motifs is 2. The lowest BCUT2D eigenvalue weighted by Gasteiger charge is -2.29. The number of nitrogens with zero attached hydrogens (tertiary/aromatic N) is 2. The summed E-state index contributed by atoms with van der Waals surface area (Å²) in [4.78, 5) is 4.17. The van der Waals surface area contributed by atoms with E-state index in [4.69, 9.17) is 21.2 Å². The van der Waals surface area contributed by atoms with Crippen LogP contribution in [0.25, 0.3) is 0 Å². The van der Waals surface area contributed by atoms with E-state index >= 15 is 0 Å². The summed E-state index contributed by atoms with van der Waals surface area (Å²) in [6.07, 6.45) is 26.6. The SMILES string of the molecule is C#C[C@@](C)(CC1=CCC(Oc2ccc(C#N)cn2)C=C1)NC[C@H](O)COC1=CCCC2=C1C1C=CC=CC1N2. The number of hydrogen-bond acceptors (Lipinski definition) is 7. The van der Waals surface area contributed by atoms with Crippen LogP contribution in [0.15, 0.2) is 89.5 Å². The molecule has 3 N–H and O–H groups in total. The van der Waals surface area contributed by atoms with E-state index in [9.17, 15) is 5.11 Å². The van der Waals surface area contributed by atoms with Gasteiger partial charge in [-0.15, -0.1) is 6.42 Å². The summed E-state index contributed by atoms with van der Waals surface area (Å²) in [5, 5.41) is 26.6. The van der Waals surface area contributed by atoms with Gasteiger partial charge in [0.2, 0.25) is 5.88 Å².